The van der Waals surface area contributed by atoms with Crippen LogP contribution in [0.2, 0.25) is 0 Å². The smallest absolute Gasteiger partial charge is 0.255 e. The highest BCUT2D eigenvalue weighted by molar-refractivity contribution is 7.89. The van der Waals surface area contributed by atoms with Gasteiger partial charge in [0.1, 0.15) is 0 Å². The molecule has 0 unspecified atom stereocenters. The zero-order valence-electron chi connectivity index (χ0n) is 15.8. The summed E-state index contributed by atoms with van der Waals surface area (Å²) in [4.78, 5) is 12.6. The second-order valence-corrected chi connectivity index (χ2v) is 7.84. The molecule has 2 rings (SSSR count). The molecule has 0 saturated carbocycles. The molecular weight excluding hydrogens is 372 g/mol. The number of hydrogen-bond donors (Lipinski definition) is 1. The Balaban J connectivity index is 2.36. The molecule has 0 heterocycles. The van der Waals surface area contributed by atoms with E-state index < -0.39 is 15.9 Å². The number of carbonyl (C=O) groups is 1. The highest BCUT2D eigenvalue weighted by Gasteiger charge is 2.19. The molecular formula is C18H22N2O6S. The SMILES string of the molecule is COc1cc(NC(=O)c2cccc(S(=O)(=O)N(C)C)c2)cc(OC)c1OC. The minimum absolute atomic E-state index is 0.0324. The van der Waals surface area contributed by atoms with Gasteiger partial charge in [-0.05, 0) is 18.2 Å². The number of ether oxygens (including phenoxy) is 3. The van der Waals surface area contributed by atoms with E-state index in [2.05, 4.69) is 5.32 Å². The van der Waals surface area contributed by atoms with Crippen LogP contribution < -0.4 is 19.5 Å². The van der Waals surface area contributed by atoms with Crippen molar-refractivity contribution < 1.29 is 27.4 Å². The zero-order valence-corrected chi connectivity index (χ0v) is 16.6. The van der Waals surface area contributed by atoms with Crippen LogP contribution >= 0.6 is 0 Å². The largest absolute Gasteiger partial charge is 0.493 e. The van der Waals surface area contributed by atoms with Crippen LogP contribution in [0.4, 0.5) is 5.69 Å². The molecule has 0 atom stereocenters. The average molecular weight is 394 g/mol. The third-order valence-corrected chi connectivity index (χ3v) is 5.61. The highest BCUT2D eigenvalue weighted by atomic mass is 32.2. The van der Waals surface area contributed by atoms with Gasteiger partial charge in [-0.3, -0.25) is 4.79 Å². The highest BCUT2D eigenvalue weighted by Crippen LogP contribution is 2.40. The molecule has 2 aromatic rings. The molecule has 0 aromatic heterocycles. The second-order valence-electron chi connectivity index (χ2n) is 5.68. The van der Waals surface area contributed by atoms with E-state index in [4.69, 9.17) is 14.2 Å². The molecule has 0 aliphatic carbocycles. The number of rotatable bonds is 7. The normalized spacial score (nSPS) is 11.2. The van der Waals surface area contributed by atoms with E-state index in [0.29, 0.717) is 22.9 Å². The van der Waals surface area contributed by atoms with Crippen LogP contribution in [0, 0.1) is 0 Å². The van der Waals surface area contributed by atoms with Crippen LogP contribution in [-0.4, -0.2) is 54.1 Å². The fourth-order valence-electron chi connectivity index (χ4n) is 2.37. The van der Waals surface area contributed by atoms with Gasteiger partial charge >= 0.3 is 0 Å². The van der Waals surface area contributed by atoms with Crippen LogP contribution in [-0.2, 0) is 10.0 Å². The molecule has 1 N–H and O–H groups in total. The van der Waals surface area contributed by atoms with Gasteiger partial charge in [-0.2, -0.15) is 0 Å². The lowest BCUT2D eigenvalue weighted by atomic mass is 10.2. The molecule has 0 spiro atoms. The average Bonchev–Trinajstić information content (AvgIpc) is 2.66. The van der Waals surface area contributed by atoms with Gasteiger partial charge in [-0.1, -0.05) is 6.07 Å². The topological polar surface area (TPSA) is 94.2 Å². The standard InChI is InChI=1S/C18H22N2O6S/c1-20(2)27(22,23)14-8-6-7-12(9-14)18(21)19-13-10-15(24-3)17(26-5)16(11-13)25-4/h6-11H,1-5H3,(H,19,21). The molecule has 8 nitrogen and oxygen atoms in total. The number of hydrogen-bond acceptors (Lipinski definition) is 6. The molecule has 2 aromatic carbocycles. The van der Waals surface area contributed by atoms with Gasteiger partial charge < -0.3 is 19.5 Å². The van der Waals surface area contributed by atoms with Crippen molar-refractivity contribution in [1.82, 2.24) is 4.31 Å². The number of benzene rings is 2. The van der Waals surface area contributed by atoms with Gasteiger partial charge in [0.25, 0.3) is 5.91 Å². The summed E-state index contributed by atoms with van der Waals surface area (Å²) >= 11 is 0. The van der Waals surface area contributed by atoms with Gasteiger partial charge in [0.15, 0.2) is 11.5 Å². The summed E-state index contributed by atoms with van der Waals surface area (Å²) in [6, 6.07) is 8.97. The van der Waals surface area contributed by atoms with Crippen molar-refractivity contribution in [3.05, 3.63) is 42.0 Å². The number of anilines is 1. The van der Waals surface area contributed by atoms with Crippen LogP contribution in [0.5, 0.6) is 17.2 Å². The van der Waals surface area contributed by atoms with Crippen molar-refractivity contribution in [3.63, 3.8) is 0 Å². The number of carbonyl (C=O) groups excluding carboxylic acids is 1. The Hall–Kier alpha value is -2.78. The predicted molar refractivity (Wildman–Crippen MR) is 101 cm³/mol. The molecule has 146 valence electrons. The molecule has 0 aliphatic heterocycles. The molecule has 0 saturated heterocycles. The molecule has 0 radical (unpaired) electrons. The van der Waals surface area contributed by atoms with Crippen LogP contribution in [0.3, 0.4) is 0 Å². The first-order valence-corrected chi connectivity index (χ1v) is 9.32. The van der Waals surface area contributed by atoms with Crippen LogP contribution in [0.1, 0.15) is 10.4 Å². The van der Waals surface area contributed by atoms with Gasteiger partial charge in [-0.15, -0.1) is 0 Å². The summed E-state index contributed by atoms with van der Waals surface area (Å²) in [6.07, 6.45) is 0. The maximum Gasteiger partial charge on any atom is 0.255 e. The summed E-state index contributed by atoms with van der Waals surface area (Å²) in [7, 11) is 3.64. The monoisotopic (exact) mass is 394 g/mol. The Bertz CT molecular complexity index is 916. The van der Waals surface area contributed by atoms with Crippen molar-refractivity contribution in [1.29, 1.82) is 0 Å². The van der Waals surface area contributed by atoms with Gasteiger partial charge in [0.2, 0.25) is 15.8 Å². The van der Waals surface area contributed by atoms with Crippen LogP contribution in [0.25, 0.3) is 0 Å². The zero-order chi connectivity index (χ0) is 20.2. The van der Waals surface area contributed by atoms with Crippen molar-refractivity contribution in [3.8, 4) is 17.2 Å². The fraction of sp³-hybridized carbons (Fsp3) is 0.278. The summed E-state index contributed by atoms with van der Waals surface area (Å²) in [5.74, 6) is 0.698. The first-order valence-electron chi connectivity index (χ1n) is 7.88. The second kappa shape index (κ2) is 8.28. The number of amides is 1. The molecule has 9 heteroatoms. The molecule has 0 aliphatic rings. The number of sulfonamides is 1. The quantitative estimate of drug-likeness (QED) is 0.774. The van der Waals surface area contributed by atoms with Crippen LogP contribution in [0.15, 0.2) is 41.3 Å². The van der Waals surface area contributed by atoms with E-state index in [9.17, 15) is 13.2 Å². The first-order chi connectivity index (χ1) is 12.7. The lowest BCUT2D eigenvalue weighted by Gasteiger charge is -2.15. The van der Waals surface area contributed by atoms with Gasteiger partial charge in [0.05, 0.1) is 26.2 Å². The third-order valence-electron chi connectivity index (χ3n) is 3.80. The summed E-state index contributed by atoms with van der Waals surface area (Å²) in [5.41, 5.74) is 0.613. The Kier molecular flexibility index (Phi) is 6.29. The fourth-order valence-corrected chi connectivity index (χ4v) is 3.31. The van der Waals surface area contributed by atoms with E-state index >= 15 is 0 Å². The number of methoxy groups -OCH3 is 3. The van der Waals surface area contributed by atoms with E-state index in [-0.39, 0.29) is 10.5 Å². The van der Waals surface area contributed by atoms with E-state index in [1.165, 1.54) is 59.7 Å². The molecule has 27 heavy (non-hydrogen) atoms. The summed E-state index contributed by atoms with van der Waals surface area (Å²) in [5, 5.41) is 2.70. The predicted octanol–water partition coefficient (Wildman–Crippen LogP) is 2.21. The Labute approximate surface area is 158 Å². The Morgan fingerprint density at radius 2 is 1.56 bits per heavy atom. The Morgan fingerprint density at radius 1 is 0.963 bits per heavy atom. The molecule has 0 fully saturated rings. The van der Waals surface area contributed by atoms with Crippen molar-refractivity contribution >= 4 is 21.6 Å². The lowest BCUT2D eigenvalue weighted by molar-refractivity contribution is 0.102. The van der Waals surface area contributed by atoms with E-state index in [1.807, 2.05) is 0 Å². The van der Waals surface area contributed by atoms with Gasteiger partial charge in [-0.25, -0.2) is 12.7 Å². The van der Waals surface area contributed by atoms with Crippen molar-refractivity contribution in [2.45, 2.75) is 4.90 Å². The lowest BCUT2D eigenvalue weighted by Crippen LogP contribution is -2.22. The minimum atomic E-state index is -3.64. The van der Waals surface area contributed by atoms with Crippen molar-refractivity contribution in [2.24, 2.45) is 0 Å². The molecule has 0 bridgehead atoms. The first kappa shape index (κ1) is 20.5. The molecule has 1 amide bonds. The number of nitrogens with one attached hydrogen (secondary N) is 1. The minimum Gasteiger partial charge on any atom is -0.493 e. The summed E-state index contributed by atoms with van der Waals surface area (Å²) < 4.78 is 41.3. The Morgan fingerprint density at radius 3 is 2.04 bits per heavy atom. The van der Waals surface area contributed by atoms with Gasteiger partial charge in [0, 0.05) is 37.5 Å². The van der Waals surface area contributed by atoms with E-state index in [0.717, 1.165) is 4.31 Å². The number of nitrogens with zero attached hydrogens (tertiary/aromatic N) is 1. The maximum absolute atomic E-state index is 12.6. The summed E-state index contributed by atoms with van der Waals surface area (Å²) in [6.45, 7) is 0. The third kappa shape index (κ3) is 4.32. The van der Waals surface area contributed by atoms with E-state index in [1.54, 1.807) is 12.1 Å². The maximum atomic E-state index is 12.6. The van der Waals surface area contributed by atoms with Crippen molar-refractivity contribution in [2.75, 3.05) is 40.7 Å².